The Bertz CT molecular complexity index is 1030. The highest BCUT2D eigenvalue weighted by atomic mass is 16.6. The summed E-state index contributed by atoms with van der Waals surface area (Å²) in [7, 11) is 0. The zero-order chi connectivity index (χ0) is 19.8. The van der Waals surface area contributed by atoms with E-state index in [2.05, 4.69) is 24.3 Å². The van der Waals surface area contributed by atoms with Crippen LogP contribution in [-0.4, -0.2) is 30.8 Å². The van der Waals surface area contributed by atoms with Gasteiger partial charge in [-0.2, -0.15) is 0 Å². The van der Waals surface area contributed by atoms with E-state index in [-0.39, 0.29) is 12.0 Å². The van der Waals surface area contributed by atoms with Gasteiger partial charge in [0.05, 0.1) is 13.1 Å². The van der Waals surface area contributed by atoms with Crippen molar-refractivity contribution in [1.82, 2.24) is 4.90 Å². The van der Waals surface area contributed by atoms with E-state index in [1.165, 1.54) is 22.3 Å². The molecule has 0 bridgehead atoms. The summed E-state index contributed by atoms with van der Waals surface area (Å²) in [4.78, 5) is 14.5. The van der Waals surface area contributed by atoms with Gasteiger partial charge in [-0.1, -0.05) is 48.5 Å². The average Bonchev–Trinajstić information content (AvgIpc) is 2.90. The molecule has 5 heteroatoms. The first-order valence-electron chi connectivity index (χ1n) is 9.82. The van der Waals surface area contributed by atoms with E-state index in [1.54, 1.807) is 4.90 Å². The van der Waals surface area contributed by atoms with Crippen LogP contribution >= 0.6 is 0 Å². The van der Waals surface area contributed by atoms with Crippen LogP contribution in [0.4, 0.5) is 10.5 Å². The van der Waals surface area contributed by atoms with E-state index in [4.69, 9.17) is 15.2 Å². The predicted molar refractivity (Wildman–Crippen MR) is 112 cm³/mol. The molecule has 1 heterocycles. The Labute approximate surface area is 169 Å². The summed E-state index contributed by atoms with van der Waals surface area (Å²) in [5.74, 6) is 0.825. The lowest BCUT2D eigenvalue weighted by Gasteiger charge is -2.21. The Balaban J connectivity index is 1.33. The molecule has 0 saturated heterocycles. The van der Waals surface area contributed by atoms with Crippen molar-refractivity contribution in [2.24, 2.45) is 0 Å². The van der Waals surface area contributed by atoms with Crippen LogP contribution in [0.5, 0.6) is 5.75 Å². The van der Waals surface area contributed by atoms with Crippen molar-refractivity contribution in [3.8, 4) is 16.9 Å². The fraction of sp³-hybridized carbons (Fsp3) is 0.208. The maximum Gasteiger partial charge on any atom is 0.410 e. The Morgan fingerprint density at radius 3 is 2.45 bits per heavy atom. The molecule has 0 fully saturated rings. The van der Waals surface area contributed by atoms with E-state index < -0.39 is 0 Å². The van der Waals surface area contributed by atoms with Gasteiger partial charge in [0.15, 0.2) is 0 Å². The molecule has 1 aliphatic carbocycles. The van der Waals surface area contributed by atoms with Crippen molar-refractivity contribution in [2.45, 2.75) is 12.5 Å². The molecule has 146 valence electrons. The van der Waals surface area contributed by atoms with Crippen LogP contribution in [0.2, 0.25) is 0 Å². The molecule has 2 N–H and O–H groups in total. The summed E-state index contributed by atoms with van der Waals surface area (Å²) >= 11 is 0. The second kappa shape index (κ2) is 7.17. The van der Waals surface area contributed by atoms with Crippen LogP contribution in [0.15, 0.2) is 66.7 Å². The molecule has 0 aromatic heterocycles. The second-order valence-electron chi connectivity index (χ2n) is 7.44. The summed E-state index contributed by atoms with van der Waals surface area (Å²) in [6.07, 6.45) is -0.328. The standard InChI is InChI=1S/C24H22N2O3/c25-17-9-10-23-16(13-17)14-26(11-12-28-23)24(27)29-15-22-20-7-3-1-5-18(20)19-6-2-4-8-21(19)22/h1-10,13,22H,11-12,14-15,25H2. The fourth-order valence-electron chi connectivity index (χ4n) is 4.26. The molecule has 0 spiro atoms. The number of amides is 1. The Kier molecular flexibility index (Phi) is 4.35. The number of carbonyl (C=O) groups excluding carboxylic acids is 1. The van der Waals surface area contributed by atoms with Gasteiger partial charge in [0.1, 0.15) is 19.0 Å². The summed E-state index contributed by atoms with van der Waals surface area (Å²) in [6.45, 7) is 1.65. The third-order valence-corrected chi connectivity index (χ3v) is 5.66. The lowest BCUT2D eigenvalue weighted by molar-refractivity contribution is 0.0947. The number of carbonyl (C=O) groups is 1. The van der Waals surface area contributed by atoms with E-state index in [1.807, 2.05) is 42.5 Å². The minimum Gasteiger partial charge on any atom is -0.491 e. The van der Waals surface area contributed by atoms with Gasteiger partial charge >= 0.3 is 6.09 Å². The third-order valence-electron chi connectivity index (χ3n) is 5.66. The number of nitrogen functional groups attached to an aromatic ring is 1. The number of hydrogen-bond acceptors (Lipinski definition) is 4. The molecule has 0 unspecified atom stereocenters. The topological polar surface area (TPSA) is 64.8 Å². The first-order chi connectivity index (χ1) is 14.2. The Hall–Kier alpha value is -3.47. The molecule has 3 aromatic rings. The molecule has 0 atom stereocenters. The molecular formula is C24H22N2O3. The fourth-order valence-corrected chi connectivity index (χ4v) is 4.26. The maximum atomic E-state index is 12.8. The molecular weight excluding hydrogens is 364 g/mol. The first-order valence-corrected chi connectivity index (χ1v) is 9.82. The zero-order valence-corrected chi connectivity index (χ0v) is 16.0. The van der Waals surface area contributed by atoms with Gasteiger partial charge in [-0.25, -0.2) is 4.79 Å². The van der Waals surface area contributed by atoms with Crippen LogP contribution in [-0.2, 0) is 11.3 Å². The monoisotopic (exact) mass is 386 g/mol. The third kappa shape index (κ3) is 3.18. The first kappa shape index (κ1) is 17.6. The van der Waals surface area contributed by atoms with E-state index in [0.29, 0.717) is 32.0 Å². The van der Waals surface area contributed by atoms with Gasteiger partial charge in [-0.15, -0.1) is 0 Å². The smallest absolute Gasteiger partial charge is 0.410 e. The molecule has 29 heavy (non-hydrogen) atoms. The molecule has 5 nitrogen and oxygen atoms in total. The van der Waals surface area contributed by atoms with Crippen LogP contribution in [0.3, 0.4) is 0 Å². The van der Waals surface area contributed by atoms with E-state index in [9.17, 15) is 4.79 Å². The van der Waals surface area contributed by atoms with Crippen molar-refractivity contribution in [3.05, 3.63) is 83.4 Å². The van der Waals surface area contributed by atoms with E-state index >= 15 is 0 Å². The van der Waals surface area contributed by atoms with Crippen molar-refractivity contribution in [2.75, 3.05) is 25.5 Å². The van der Waals surface area contributed by atoms with Crippen molar-refractivity contribution >= 4 is 11.8 Å². The normalized spacial score (nSPS) is 15.0. The summed E-state index contributed by atoms with van der Waals surface area (Å²) in [5, 5.41) is 0. The SMILES string of the molecule is Nc1ccc2c(c1)CN(C(=O)OCC1c3ccccc3-c3ccccc31)CCO2. The number of nitrogens with two attached hydrogens (primary N) is 1. The quantitative estimate of drug-likeness (QED) is 0.663. The van der Waals surface area contributed by atoms with Gasteiger partial charge in [0.2, 0.25) is 0 Å². The molecule has 2 aliphatic rings. The van der Waals surface area contributed by atoms with Crippen LogP contribution < -0.4 is 10.5 Å². The summed E-state index contributed by atoms with van der Waals surface area (Å²) in [5.41, 5.74) is 12.3. The molecule has 1 aliphatic heterocycles. The Morgan fingerprint density at radius 2 is 1.72 bits per heavy atom. The van der Waals surface area contributed by atoms with Crippen molar-refractivity contribution in [3.63, 3.8) is 0 Å². The average molecular weight is 386 g/mol. The molecule has 5 rings (SSSR count). The van der Waals surface area contributed by atoms with Crippen LogP contribution in [0.25, 0.3) is 11.1 Å². The number of rotatable bonds is 2. The number of fused-ring (bicyclic) bond motifs is 4. The highest BCUT2D eigenvalue weighted by Crippen LogP contribution is 2.44. The zero-order valence-electron chi connectivity index (χ0n) is 16.0. The number of benzene rings is 3. The number of nitrogens with zero attached hydrogens (tertiary/aromatic N) is 1. The minimum absolute atomic E-state index is 0.0532. The maximum absolute atomic E-state index is 12.8. The second-order valence-corrected chi connectivity index (χ2v) is 7.44. The lowest BCUT2D eigenvalue weighted by atomic mass is 9.98. The molecule has 0 radical (unpaired) electrons. The highest BCUT2D eigenvalue weighted by molar-refractivity contribution is 5.79. The largest absolute Gasteiger partial charge is 0.491 e. The van der Waals surface area contributed by atoms with Crippen molar-refractivity contribution < 1.29 is 14.3 Å². The van der Waals surface area contributed by atoms with Gasteiger partial charge in [-0.05, 0) is 40.5 Å². The highest BCUT2D eigenvalue weighted by Gasteiger charge is 2.30. The molecule has 0 saturated carbocycles. The van der Waals surface area contributed by atoms with Gasteiger partial charge < -0.3 is 20.1 Å². The number of hydrogen-bond donors (Lipinski definition) is 1. The predicted octanol–water partition coefficient (Wildman–Crippen LogP) is 4.41. The Morgan fingerprint density at radius 1 is 1.03 bits per heavy atom. The van der Waals surface area contributed by atoms with Gasteiger partial charge in [0.25, 0.3) is 0 Å². The number of ether oxygens (including phenoxy) is 2. The molecule has 1 amide bonds. The summed E-state index contributed by atoms with van der Waals surface area (Å²) < 4.78 is 11.5. The minimum atomic E-state index is -0.328. The van der Waals surface area contributed by atoms with Crippen LogP contribution in [0, 0.1) is 0 Å². The number of anilines is 1. The van der Waals surface area contributed by atoms with E-state index in [0.717, 1.165) is 11.3 Å². The molecule has 3 aromatic carbocycles. The lowest BCUT2D eigenvalue weighted by Crippen LogP contribution is -2.33. The van der Waals surface area contributed by atoms with Crippen molar-refractivity contribution in [1.29, 1.82) is 0 Å². The van der Waals surface area contributed by atoms with Gasteiger partial charge in [0, 0.05) is 17.2 Å². The van der Waals surface area contributed by atoms with Crippen LogP contribution in [0.1, 0.15) is 22.6 Å². The van der Waals surface area contributed by atoms with Gasteiger partial charge in [-0.3, -0.25) is 0 Å². The summed E-state index contributed by atoms with van der Waals surface area (Å²) in [6, 6.07) is 22.2.